The third-order valence-corrected chi connectivity index (χ3v) is 2.72. The number of rotatable bonds is 3. The second-order valence-corrected chi connectivity index (χ2v) is 3.53. The molecule has 0 saturated carbocycles. The Morgan fingerprint density at radius 1 is 1.25 bits per heavy atom. The SMILES string of the molecule is COC(=O)c1ccc(C(O)OC)c(C)c1C. The van der Waals surface area contributed by atoms with E-state index in [1.165, 1.54) is 14.2 Å². The lowest BCUT2D eigenvalue weighted by atomic mass is 9.98. The molecule has 0 aliphatic carbocycles. The maximum Gasteiger partial charge on any atom is 0.338 e. The minimum Gasteiger partial charge on any atom is -0.465 e. The molecule has 0 spiro atoms. The summed E-state index contributed by atoms with van der Waals surface area (Å²) in [6, 6.07) is 3.30. The number of esters is 1. The molecule has 0 aliphatic heterocycles. The van der Waals surface area contributed by atoms with Crippen LogP contribution in [0.3, 0.4) is 0 Å². The first-order chi connectivity index (χ1) is 7.52. The number of hydrogen-bond donors (Lipinski definition) is 1. The van der Waals surface area contributed by atoms with E-state index in [0.29, 0.717) is 11.1 Å². The fourth-order valence-corrected chi connectivity index (χ4v) is 1.57. The molecule has 1 aromatic carbocycles. The van der Waals surface area contributed by atoms with Crippen LogP contribution in [-0.4, -0.2) is 25.3 Å². The average Bonchev–Trinajstić information content (AvgIpc) is 2.30. The minimum absolute atomic E-state index is 0.376. The summed E-state index contributed by atoms with van der Waals surface area (Å²) in [7, 11) is 2.77. The monoisotopic (exact) mass is 224 g/mol. The molecule has 0 bridgehead atoms. The highest BCUT2D eigenvalue weighted by Gasteiger charge is 2.16. The summed E-state index contributed by atoms with van der Waals surface area (Å²) in [6.07, 6.45) is -0.967. The fourth-order valence-electron chi connectivity index (χ4n) is 1.57. The zero-order valence-corrected chi connectivity index (χ0v) is 9.90. The van der Waals surface area contributed by atoms with Gasteiger partial charge in [-0.2, -0.15) is 0 Å². The van der Waals surface area contributed by atoms with Crippen LogP contribution in [0.1, 0.15) is 33.3 Å². The smallest absolute Gasteiger partial charge is 0.338 e. The Kier molecular flexibility index (Phi) is 4.04. The van der Waals surface area contributed by atoms with Crippen LogP contribution in [0.25, 0.3) is 0 Å². The Morgan fingerprint density at radius 3 is 2.38 bits per heavy atom. The first kappa shape index (κ1) is 12.7. The Hall–Kier alpha value is -1.39. The second kappa shape index (κ2) is 5.09. The fraction of sp³-hybridized carbons (Fsp3) is 0.417. The highest BCUT2D eigenvalue weighted by Crippen LogP contribution is 2.24. The molecule has 1 N–H and O–H groups in total. The number of aliphatic hydroxyl groups excluding tert-OH is 1. The summed E-state index contributed by atoms with van der Waals surface area (Å²) < 4.78 is 9.50. The molecule has 0 saturated heterocycles. The van der Waals surface area contributed by atoms with E-state index in [2.05, 4.69) is 4.74 Å². The lowest BCUT2D eigenvalue weighted by molar-refractivity contribution is -0.0773. The predicted molar refractivity (Wildman–Crippen MR) is 59.2 cm³/mol. The quantitative estimate of drug-likeness (QED) is 0.627. The van der Waals surface area contributed by atoms with Gasteiger partial charge in [0.15, 0.2) is 6.29 Å². The predicted octanol–water partition coefficient (Wildman–Crippen LogP) is 1.73. The Bertz CT molecular complexity index is 398. The number of carbonyl (C=O) groups excluding carboxylic acids is 1. The van der Waals surface area contributed by atoms with E-state index in [4.69, 9.17) is 4.74 Å². The summed E-state index contributed by atoms with van der Waals surface area (Å²) in [6.45, 7) is 3.65. The van der Waals surface area contributed by atoms with E-state index in [-0.39, 0.29) is 5.97 Å². The largest absolute Gasteiger partial charge is 0.465 e. The van der Waals surface area contributed by atoms with Crippen molar-refractivity contribution in [1.82, 2.24) is 0 Å². The van der Waals surface area contributed by atoms with Gasteiger partial charge in [-0.25, -0.2) is 4.79 Å². The Balaban J connectivity index is 3.23. The lowest BCUT2D eigenvalue weighted by Gasteiger charge is -2.15. The maximum absolute atomic E-state index is 11.4. The van der Waals surface area contributed by atoms with Crippen LogP contribution in [0.15, 0.2) is 12.1 Å². The zero-order chi connectivity index (χ0) is 12.3. The molecule has 0 heterocycles. The van der Waals surface area contributed by atoms with E-state index in [1.54, 1.807) is 12.1 Å². The van der Waals surface area contributed by atoms with Crippen molar-refractivity contribution < 1.29 is 19.4 Å². The molecule has 0 radical (unpaired) electrons. The van der Waals surface area contributed by atoms with Crippen LogP contribution in [0.2, 0.25) is 0 Å². The Labute approximate surface area is 94.8 Å². The molecule has 1 unspecified atom stereocenters. The minimum atomic E-state index is -0.967. The zero-order valence-electron chi connectivity index (χ0n) is 9.90. The van der Waals surface area contributed by atoms with Gasteiger partial charge in [0.1, 0.15) is 0 Å². The first-order valence-electron chi connectivity index (χ1n) is 4.92. The van der Waals surface area contributed by atoms with E-state index >= 15 is 0 Å². The van der Waals surface area contributed by atoms with Crippen LogP contribution in [0.4, 0.5) is 0 Å². The molecule has 0 aliphatic rings. The topological polar surface area (TPSA) is 55.8 Å². The van der Waals surface area contributed by atoms with Gasteiger partial charge in [0, 0.05) is 12.7 Å². The van der Waals surface area contributed by atoms with Crippen molar-refractivity contribution >= 4 is 5.97 Å². The van der Waals surface area contributed by atoms with Gasteiger partial charge in [-0.15, -0.1) is 0 Å². The molecule has 1 atom stereocenters. The van der Waals surface area contributed by atoms with Crippen molar-refractivity contribution in [2.24, 2.45) is 0 Å². The summed E-state index contributed by atoms with van der Waals surface area (Å²) in [4.78, 5) is 11.4. The number of benzene rings is 1. The molecule has 4 nitrogen and oxygen atoms in total. The van der Waals surface area contributed by atoms with Crippen molar-refractivity contribution in [2.75, 3.05) is 14.2 Å². The van der Waals surface area contributed by atoms with Crippen molar-refractivity contribution in [2.45, 2.75) is 20.1 Å². The highest BCUT2D eigenvalue weighted by molar-refractivity contribution is 5.91. The van der Waals surface area contributed by atoms with Crippen molar-refractivity contribution in [1.29, 1.82) is 0 Å². The van der Waals surface area contributed by atoms with Crippen molar-refractivity contribution in [3.05, 3.63) is 34.4 Å². The molecule has 1 aromatic rings. The van der Waals surface area contributed by atoms with E-state index < -0.39 is 6.29 Å². The van der Waals surface area contributed by atoms with Gasteiger partial charge in [0.25, 0.3) is 0 Å². The van der Waals surface area contributed by atoms with Crippen molar-refractivity contribution in [3.63, 3.8) is 0 Å². The molecule has 4 heteroatoms. The van der Waals surface area contributed by atoms with Crippen molar-refractivity contribution in [3.8, 4) is 0 Å². The van der Waals surface area contributed by atoms with Gasteiger partial charge in [0.05, 0.1) is 12.7 Å². The Morgan fingerprint density at radius 2 is 1.88 bits per heavy atom. The van der Waals surface area contributed by atoms with Gasteiger partial charge in [-0.05, 0) is 31.0 Å². The van der Waals surface area contributed by atoms with Crippen LogP contribution >= 0.6 is 0 Å². The van der Waals surface area contributed by atoms with Gasteiger partial charge in [0.2, 0.25) is 0 Å². The highest BCUT2D eigenvalue weighted by atomic mass is 16.6. The summed E-state index contributed by atoms with van der Waals surface area (Å²) in [5.74, 6) is -0.376. The van der Waals surface area contributed by atoms with Crippen LogP contribution in [0.5, 0.6) is 0 Å². The number of hydrogen-bond acceptors (Lipinski definition) is 4. The van der Waals surface area contributed by atoms with Gasteiger partial charge >= 0.3 is 5.97 Å². The molecule has 16 heavy (non-hydrogen) atoms. The molecule has 1 rings (SSSR count). The summed E-state index contributed by atoms with van der Waals surface area (Å²) in [5, 5.41) is 9.58. The third kappa shape index (κ3) is 2.23. The van der Waals surface area contributed by atoms with Crippen LogP contribution in [0, 0.1) is 13.8 Å². The van der Waals surface area contributed by atoms with Gasteiger partial charge in [-0.1, -0.05) is 6.07 Å². The second-order valence-electron chi connectivity index (χ2n) is 3.53. The number of carbonyl (C=O) groups is 1. The molecule has 0 aromatic heterocycles. The third-order valence-electron chi connectivity index (χ3n) is 2.72. The maximum atomic E-state index is 11.4. The number of ether oxygens (including phenoxy) is 2. The van der Waals surface area contributed by atoms with E-state index in [0.717, 1.165) is 11.1 Å². The standard InChI is InChI=1S/C12H16O4/c1-7-8(2)10(12(14)16-4)6-5-9(7)11(13)15-3/h5-6,11,13H,1-4H3. The molecule has 0 amide bonds. The molecular formula is C12H16O4. The van der Waals surface area contributed by atoms with Crippen LogP contribution < -0.4 is 0 Å². The number of aliphatic hydroxyl groups is 1. The number of methoxy groups -OCH3 is 2. The van der Waals surface area contributed by atoms with E-state index in [9.17, 15) is 9.90 Å². The first-order valence-corrected chi connectivity index (χ1v) is 4.92. The molecule has 88 valence electrons. The van der Waals surface area contributed by atoms with E-state index in [1.807, 2.05) is 13.8 Å². The van der Waals surface area contributed by atoms with Gasteiger partial charge < -0.3 is 14.6 Å². The molecular weight excluding hydrogens is 208 g/mol. The van der Waals surface area contributed by atoms with Crippen LogP contribution in [-0.2, 0) is 9.47 Å². The average molecular weight is 224 g/mol. The summed E-state index contributed by atoms with van der Waals surface area (Å²) in [5.41, 5.74) is 2.79. The lowest BCUT2D eigenvalue weighted by Crippen LogP contribution is -2.09. The summed E-state index contributed by atoms with van der Waals surface area (Å²) >= 11 is 0. The van der Waals surface area contributed by atoms with Gasteiger partial charge in [-0.3, -0.25) is 0 Å². The molecule has 0 fully saturated rings. The normalized spacial score (nSPS) is 12.3.